The number of hydrogen-bond acceptors (Lipinski definition) is 2. The normalized spacial score (nSPS) is 18.2. The molecular formula is C15H28O2. The average molecular weight is 240 g/mol. The zero-order chi connectivity index (χ0) is 12.6. The number of carbonyl (C=O) groups excluding carboxylic acids is 1. The molecule has 0 aromatic rings. The van der Waals surface area contributed by atoms with Gasteiger partial charge in [-0.15, -0.1) is 0 Å². The Kier molecular flexibility index (Phi) is 6.61. The summed E-state index contributed by atoms with van der Waals surface area (Å²) in [6.07, 6.45) is 12.5. The minimum absolute atomic E-state index is 0.0184. The molecule has 0 aromatic carbocycles. The van der Waals surface area contributed by atoms with E-state index in [1.165, 1.54) is 44.9 Å². The highest BCUT2D eigenvalue weighted by molar-refractivity contribution is 5.69. The number of hydrogen-bond donors (Lipinski definition) is 0. The van der Waals surface area contributed by atoms with Crippen molar-refractivity contribution in [2.75, 3.05) is 0 Å². The van der Waals surface area contributed by atoms with Crippen molar-refractivity contribution in [1.29, 1.82) is 0 Å². The lowest BCUT2D eigenvalue weighted by Gasteiger charge is -2.24. The first-order chi connectivity index (χ1) is 8.16. The van der Waals surface area contributed by atoms with Crippen LogP contribution < -0.4 is 0 Å². The minimum atomic E-state index is -0.140. The summed E-state index contributed by atoms with van der Waals surface area (Å²) in [6, 6.07) is 0. The van der Waals surface area contributed by atoms with Crippen molar-refractivity contribution in [3.05, 3.63) is 0 Å². The van der Waals surface area contributed by atoms with Crippen LogP contribution in [0.2, 0.25) is 0 Å². The molecule has 17 heavy (non-hydrogen) atoms. The Balaban J connectivity index is 2.01. The van der Waals surface area contributed by atoms with Gasteiger partial charge in [0.2, 0.25) is 0 Å². The SMILES string of the molecule is CCCCCCCCC(=O)OC1(C)CCCC1. The largest absolute Gasteiger partial charge is 0.459 e. The van der Waals surface area contributed by atoms with E-state index >= 15 is 0 Å². The van der Waals surface area contributed by atoms with Gasteiger partial charge in [-0.3, -0.25) is 4.79 Å². The molecule has 0 aliphatic heterocycles. The standard InChI is InChI=1S/C15H28O2/c1-3-4-5-6-7-8-11-14(16)17-15(2)12-9-10-13-15/h3-13H2,1-2H3. The molecular weight excluding hydrogens is 212 g/mol. The van der Waals surface area contributed by atoms with E-state index in [4.69, 9.17) is 4.74 Å². The summed E-state index contributed by atoms with van der Waals surface area (Å²) in [7, 11) is 0. The van der Waals surface area contributed by atoms with Crippen LogP contribution in [0.5, 0.6) is 0 Å². The maximum Gasteiger partial charge on any atom is 0.306 e. The first-order valence-electron chi connectivity index (χ1n) is 7.38. The van der Waals surface area contributed by atoms with E-state index in [1.54, 1.807) is 0 Å². The molecule has 0 saturated heterocycles. The molecule has 1 rings (SSSR count). The average Bonchev–Trinajstić information content (AvgIpc) is 2.70. The Labute approximate surface area is 106 Å². The topological polar surface area (TPSA) is 26.3 Å². The summed E-state index contributed by atoms with van der Waals surface area (Å²) in [6.45, 7) is 4.30. The van der Waals surface area contributed by atoms with Crippen molar-refractivity contribution in [2.24, 2.45) is 0 Å². The van der Waals surface area contributed by atoms with E-state index in [1.807, 2.05) is 0 Å². The molecule has 2 nitrogen and oxygen atoms in total. The Morgan fingerprint density at radius 2 is 1.65 bits per heavy atom. The third-order valence-electron chi connectivity index (χ3n) is 3.76. The summed E-state index contributed by atoms with van der Waals surface area (Å²) in [5.74, 6) is 0.0184. The predicted molar refractivity (Wildman–Crippen MR) is 71.0 cm³/mol. The van der Waals surface area contributed by atoms with Crippen LogP contribution in [-0.4, -0.2) is 11.6 Å². The molecule has 0 N–H and O–H groups in total. The van der Waals surface area contributed by atoms with Crippen molar-refractivity contribution < 1.29 is 9.53 Å². The maximum atomic E-state index is 11.7. The molecule has 0 spiro atoms. The summed E-state index contributed by atoms with van der Waals surface area (Å²) in [4.78, 5) is 11.7. The highest BCUT2D eigenvalue weighted by atomic mass is 16.6. The van der Waals surface area contributed by atoms with Gasteiger partial charge in [0, 0.05) is 6.42 Å². The summed E-state index contributed by atoms with van der Waals surface area (Å²) in [5.41, 5.74) is -0.140. The van der Waals surface area contributed by atoms with E-state index in [0.29, 0.717) is 6.42 Å². The van der Waals surface area contributed by atoms with Crippen molar-refractivity contribution in [3.8, 4) is 0 Å². The van der Waals surface area contributed by atoms with Crippen molar-refractivity contribution in [2.45, 2.75) is 90.1 Å². The van der Waals surface area contributed by atoms with Gasteiger partial charge in [-0.1, -0.05) is 39.0 Å². The lowest BCUT2D eigenvalue weighted by molar-refractivity contribution is -0.157. The van der Waals surface area contributed by atoms with Gasteiger partial charge in [0.15, 0.2) is 0 Å². The minimum Gasteiger partial charge on any atom is -0.459 e. The Bertz CT molecular complexity index is 217. The molecule has 0 unspecified atom stereocenters. The third kappa shape index (κ3) is 6.09. The second-order valence-corrected chi connectivity index (χ2v) is 5.65. The number of carbonyl (C=O) groups is 1. The Hall–Kier alpha value is -0.530. The molecule has 0 aromatic heterocycles. The highest BCUT2D eigenvalue weighted by Crippen LogP contribution is 2.32. The molecule has 1 saturated carbocycles. The summed E-state index contributed by atoms with van der Waals surface area (Å²) >= 11 is 0. The van der Waals surface area contributed by atoms with E-state index < -0.39 is 0 Å². The quantitative estimate of drug-likeness (QED) is 0.457. The molecule has 0 atom stereocenters. The fourth-order valence-corrected chi connectivity index (χ4v) is 2.60. The molecule has 2 heteroatoms. The number of unbranched alkanes of at least 4 members (excludes halogenated alkanes) is 5. The van der Waals surface area contributed by atoms with Crippen LogP contribution in [0, 0.1) is 0 Å². The van der Waals surface area contributed by atoms with Gasteiger partial charge in [-0.25, -0.2) is 0 Å². The molecule has 0 heterocycles. The van der Waals surface area contributed by atoms with E-state index in [9.17, 15) is 4.79 Å². The summed E-state index contributed by atoms with van der Waals surface area (Å²) < 4.78 is 5.59. The molecule has 1 fully saturated rings. The van der Waals surface area contributed by atoms with Gasteiger partial charge in [-0.05, 0) is 39.0 Å². The monoisotopic (exact) mass is 240 g/mol. The highest BCUT2D eigenvalue weighted by Gasteiger charge is 2.32. The molecule has 0 amide bonds. The molecule has 1 aliphatic rings. The third-order valence-corrected chi connectivity index (χ3v) is 3.76. The fourth-order valence-electron chi connectivity index (χ4n) is 2.60. The number of rotatable bonds is 8. The van der Waals surface area contributed by atoms with Gasteiger partial charge < -0.3 is 4.74 Å². The second kappa shape index (κ2) is 7.73. The van der Waals surface area contributed by atoms with Crippen LogP contribution in [0.15, 0.2) is 0 Å². The number of esters is 1. The van der Waals surface area contributed by atoms with Crippen LogP contribution in [0.4, 0.5) is 0 Å². The van der Waals surface area contributed by atoms with Gasteiger partial charge in [0.05, 0.1) is 0 Å². The van der Waals surface area contributed by atoms with Crippen LogP contribution in [-0.2, 0) is 9.53 Å². The van der Waals surface area contributed by atoms with Crippen LogP contribution >= 0.6 is 0 Å². The van der Waals surface area contributed by atoms with Crippen molar-refractivity contribution in [1.82, 2.24) is 0 Å². The molecule has 1 aliphatic carbocycles. The lowest BCUT2D eigenvalue weighted by Crippen LogP contribution is -2.27. The molecule has 0 bridgehead atoms. The molecule has 0 radical (unpaired) electrons. The zero-order valence-corrected chi connectivity index (χ0v) is 11.6. The Morgan fingerprint density at radius 3 is 2.29 bits per heavy atom. The molecule has 100 valence electrons. The first-order valence-corrected chi connectivity index (χ1v) is 7.38. The maximum absolute atomic E-state index is 11.7. The van der Waals surface area contributed by atoms with Gasteiger partial charge in [0.25, 0.3) is 0 Å². The van der Waals surface area contributed by atoms with Crippen molar-refractivity contribution in [3.63, 3.8) is 0 Å². The van der Waals surface area contributed by atoms with E-state index in [-0.39, 0.29) is 11.6 Å². The van der Waals surface area contributed by atoms with Crippen LogP contribution in [0.3, 0.4) is 0 Å². The van der Waals surface area contributed by atoms with E-state index in [0.717, 1.165) is 19.3 Å². The predicted octanol–water partition coefficient (Wildman–Crippen LogP) is 4.61. The van der Waals surface area contributed by atoms with E-state index in [2.05, 4.69) is 13.8 Å². The van der Waals surface area contributed by atoms with Gasteiger partial charge in [-0.2, -0.15) is 0 Å². The Morgan fingerprint density at radius 1 is 1.06 bits per heavy atom. The fraction of sp³-hybridized carbons (Fsp3) is 0.933. The van der Waals surface area contributed by atoms with Crippen LogP contribution in [0.1, 0.15) is 84.5 Å². The van der Waals surface area contributed by atoms with Gasteiger partial charge in [0.1, 0.15) is 5.60 Å². The lowest BCUT2D eigenvalue weighted by atomic mass is 10.1. The van der Waals surface area contributed by atoms with Crippen LogP contribution in [0.25, 0.3) is 0 Å². The summed E-state index contributed by atoms with van der Waals surface area (Å²) in [5, 5.41) is 0. The zero-order valence-electron chi connectivity index (χ0n) is 11.6. The van der Waals surface area contributed by atoms with Gasteiger partial charge >= 0.3 is 5.97 Å². The number of ether oxygens (including phenoxy) is 1. The first kappa shape index (κ1) is 14.5. The van der Waals surface area contributed by atoms with Crippen molar-refractivity contribution >= 4 is 5.97 Å². The second-order valence-electron chi connectivity index (χ2n) is 5.65. The smallest absolute Gasteiger partial charge is 0.306 e.